The first kappa shape index (κ1) is 17.3. The number of hydrogen-bond donors (Lipinski definition) is 1. The second-order valence-electron chi connectivity index (χ2n) is 5.75. The van der Waals surface area contributed by atoms with Gasteiger partial charge in [0.1, 0.15) is 0 Å². The van der Waals surface area contributed by atoms with E-state index in [1.807, 2.05) is 6.92 Å². The van der Waals surface area contributed by atoms with Crippen LogP contribution >= 0.6 is 0 Å². The number of carboxylic acid groups (broad SMARTS) is 1. The number of aryl methyl sites for hydroxylation is 1. The lowest BCUT2D eigenvalue weighted by molar-refractivity contribution is -0.385. The largest absolute Gasteiger partial charge is 0.478 e. The highest BCUT2D eigenvalue weighted by Gasteiger charge is 2.13. The molecule has 0 saturated heterocycles. The maximum Gasteiger partial charge on any atom is 0.336 e. The first-order chi connectivity index (χ1) is 12.5. The molecule has 1 aromatic heterocycles. The quantitative estimate of drug-likeness (QED) is 0.538. The number of nitrogens with zero attached hydrogens (tertiary/aromatic N) is 2. The van der Waals surface area contributed by atoms with Crippen LogP contribution in [0.4, 0.5) is 5.69 Å². The number of aromatic nitrogens is 1. The maximum absolute atomic E-state index is 11.5. The minimum atomic E-state index is -1.03. The number of rotatable bonds is 5. The molecule has 130 valence electrons. The molecule has 6 nitrogen and oxygen atoms in total. The number of nitro groups is 1. The molecule has 1 heterocycles. The van der Waals surface area contributed by atoms with Crippen molar-refractivity contribution in [3.63, 3.8) is 0 Å². The molecule has 0 spiro atoms. The first-order valence-corrected chi connectivity index (χ1v) is 8.08. The molecule has 0 aliphatic heterocycles. The molecule has 0 aliphatic carbocycles. The Labute approximate surface area is 149 Å². The van der Waals surface area contributed by atoms with Crippen molar-refractivity contribution < 1.29 is 14.8 Å². The van der Waals surface area contributed by atoms with Crippen molar-refractivity contribution in [2.75, 3.05) is 0 Å². The second kappa shape index (κ2) is 7.14. The molecule has 3 aromatic rings. The minimum absolute atomic E-state index is 0.0762. The van der Waals surface area contributed by atoms with E-state index >= 15 is 0 Å². The summed E-state index contributed by atoms with van der Waals surface area (Å²) < 4.78 is 0. The summed E-state index contributed by atoms with van der Waals surface area (Å²) in [6.07, 6.45) is 3.92. The van der Waals surface area contributed by atoms with Crippen molar-refractivity contribution in [2.45, 2.75) is 13.3 Å². The molecule has 0 saturated carbocycles. The molecule has 2 aromatic carbocycles. The summed E-state index contributed by atoms with van der Waals surface area (Å²) in [5, 5.41) is 21.2. The second-order valence-corrected chi connectivity index (χ2v) is 5.75. The fraction of sp³-hybridized carbons (Fsp3) is 0.100. The SMILES string of the molecule is CCc1ccc(/C=C/c2cc(C(=O)O)c3ccccc3n2)cc1[N+](=O)[O-]. The van der Waals surface area contributed by atoms with Crippen LogP contribution in [0.1, 0.15) is 34.1 Å². The average molecular weight is 348 g/mol. The van der Waals surface area contributed by atoms with Gasteiger partial charge >= 0.3 is 5.97 Å². The smallest absolute Gasteiger partial charge is 0.336 e. The van der Waals surface area contributed by atoms with Crippen LogP contribution in [-0.2, 0) is 6.42 Å². The summed E-state index contributed by atoms with van der Waals surface area (Å²) in [4.78, 5) is 26.7. The van der Waals surface area contributed by atoms with E-state index in [-0.39, 0.29) is 11.3 Å². The van der Waals surface area contributed by atoms with Crippen LogP contribution in [0, 0.1) is 10.1 Å². The molecule has 0 bridgehead atoms. The van der Waals surface area contributed by atoms with E-state index in [1.54, 1.807) is 48.6 Å². The van der Waals surface area contributed by atoms with Gasteiger partial charge in [-0.25, -0.2) is 9.78 Å². The van der Waals surface area contributed by atoms with E-state index in [1.165, 1.54) is 12.1 Å². The summed E-state index contributed by atoms with van der Waals surface area (Å²) in [6, 6.07) is 13.5. The van der Waals surface area contributed by atoms with Gasteiger partial charge in [0.25, 0.3) is 5.69 Å². The lowest BCUT2D eigenvalue weighted by Crippen LogP contribution is -2.00. The zero-order valence-electron chi connectivity index (χ0n) is 14.0. The summed E-state index contributed by atoms with van der Waals surface area (Å²) in [7, 11) is 0. The Bertz CT molecular complexity index is 1040. The number of fused-ring (bicyclic) bond motifs is 1. The molecule has 0 aliphatic rings. The van der Waals surface area contributed by atoms with Crippen LogP contribution < -0.4 is 0 Å². The third-order valence-electron chi connectivity index (χ3n) is 4.10. The highest BCUT2D eigenvalue weighted by molar-refractivity contribution is 6.03. The number of nitro benzene ring substituents is 1. The summed E-state index contributed by atoms with van der Waals surface area (Å²) in [5.74, 6) is -1.03. The van der Waals surface area contributed by atoms with Crippen molar-refractivity contribution in [2.24, 2.45) is 0 Å². The molecular formula is C20H16N2O4. The highest BCUT2D eigenvalue weighted by atomic mass is 16.6. The van der Waals surface area contributed by atoms with Crippen molar-refractivity contribution in [1.82, 2.24) is 4.98 Å². The number of pyridine rings is 1. The third-order valence-corrected chi connectivity index (χ3v) is 4.10. The summed E-state index contributed by atoms with van der Waals surface area (Å²) in [5.41, 5.74) is 2.63. The fourth-order valence-electron chi connectivity index (χ4n) is 2.79. The van der Waals surface area contributed by atoms with Gasteiger partial charge in [0.15, 0.2) is 0 Å². The van der Waals surface area contributed by atoms with E-state index in [0.717, 1.165) is 0 Å². The molecular weight excluding hydrogens is 332 g/mol. The number of benzene rings is 2. The Balaban J connectivity index is 2.02. The average Bonchev–Trinajstić information content (AvgIpc) is 2.65. The van der Waals surface area contributed by atoms with Gasteiger partial charge in [0.2, 0.25) is 0 Å². The van der Waals surface area contributed by atoms with Gasteiger partial charge in [-0.15, -0.1) is 0 Å². The standard InChI is InChI=1S/C20H16N2O4/c1-2-14-9-7-13(11-19(14)22(25)26)8-10-15-12-17(20(23)24)16-5-3-4-6-18(16)21-15/h3-12H,2H2,1H3,(H,23,24)/b10-8+. The number of aromatic carboxylic acids is 1. The predicted molar refractivity (Wildman–Crippen MR) is 100 cm³/mol. The molecule has 0 fully saturated rings. The molecule has 0 radical (unpaired) electrons. The van der Waals surface area contributed by atoms with Crippen LogP contribution in [0.2, 0.25) is 0 Å². The minimum Gasteiger partial charge on any atom is -0.478 e. The van der Waals surface area contributed by atoms with E-state index in [4.69, 9.17) is 0 Å². The van der Waals surface area contributed by atoms with Gasteiger partial charge in [-0.3, -0.25) is 10.1 Å². The normalized spacial score (nSPS) is 11.1. The van der Waals surface area contributed by atoms with Gasteiger partial charge in [-0.2, -0.15) is 0 Å². The van der Waals surface area contributed by atoms with Crippen LogP contribution in [-0.4, -0.2) is 21.0 Å². The van der Waals surface area contributed by atoms with Gasteiger partial charge < -0.3 is 5.11 Å². The third kappa shape index (κ3) is 3.44. The summed E-state index contributed by atoms with van der Waals surface area (Å²) in [6.45, 7) is 1.87. The number of para-hydroxylation sites is 1. The highest BCUT2D eigenvalue weighted by Crippen LogP contribution is 2.23. The Morgan fingerprint density at radius 3 is 2.65 bits per heavy atom. The maximum atomic E-state index is 11.5. The molecule has 6 heteroatoms. The van der Waals surface area contributed by atoms with Crippen LogP contribution in [0.25, 0.3) is 23.1 Å². The van der Waals surface area contributed by atoms with Gasteiger partial charge in [0, 0.05) is 17.0 Å². The zero-order valence-corrected chi connectivity index (χ0v) is 14.0. The van der Waals surface area contributed by atoms with E-state index in [0.29, 0.717) is 34.1 Å². The molecule has 3 rings (SSSR count). The number of hydrogen-bond acceptors (Lipinski definition) is 4. The molecule has 26 heavy (non-hydrogen) atoms. The van der Waals surface area contributed by atoms with Gasteiger partial charge in [0.05, 0.1) is 21.7 Å². The van der Waals surface area contributed by atoms with Crippen molar-refractivity contribution in [3.05, 3.63) is 81.0 Å². The molecule has 1 N–H and O–H groups in total. The zero-order chi connectivity index (χ0) is 18.7. The summed E-state index contributed by atoms with van der Waals surface area (Å²) >= 11 is 0. The molecule has 0 atom stereocenters. The number of carbonyl (C=O) groups is 1. The topological polar surface area (TPSA) is 93.3 Å². The van der Waals surface area contributed by atoms with Crippen molar-refractivity contribution in [3.8, 4) is 0 Å². The van der Waals surface area contributed by atoms with Gasteiger partial charge in [-0.05, 0) is 30.2 Å². The van der Waals surface area contributed by atoms with Crippen LogP contribution in [0.5, 0.6) is 0 Å². The Morgan fingerprint density at radius 1 is 1.19 bits per heavy atom. The Kier molecular flexibility index (Phi) is 4.75. The van der Waals surface area contributed by atoms with Gasteiger partial charge in [-0.1, -0.05) is 43.3 Å². The van der Waals surface area contributed by atoms with Crippen molar-refractivity contribution >= 4 is 34.7 Å². The first-order valence-electron chi connectivity index (χ1n) is 8.08. The molecule has 0 amide bonds. The lowest BCUT2D eigenvalue weighted by atomic mass is 10.1. The monoisotopic (exact) mass is 348 g/mol. The Morgan fingerprint density at radius 2 is 1.96 bits per heavy atom. The van der Waals surface area contributed by atoms with E-state index in [2.05, 4.69) is 4.98 Å². The molecule has 0 unspecified atom stereocenters. The Hall–Kier alpha value is -3.54. The fourth-order valence-corrected chi connectivity index (χ4v) is 2.79. The predicted octanol–water partition coefficient (Wildman–Crippen LogP) is 4.57. The van der Waals surface area contributed by atoms with Crippen molar-refractivity contribution in [1.29, 1.82) is 0 Å². The van der Waals surface area contributed by atoms with Crippen LogP contribution in [0.15, 0.2) is 48.5 Å². The number of carboxylic acids is 1. The van der Waals surface area contributed by atoms with Crippen LogP contribution in [0.3, 0.4) is 0 Å². The van der Waals surface area contributed by atoms with E-state index in [9.17, 15) is 20.0 Å². The lowest BCUT2D eigenvalue weighted by Gasteiger charge is -2.04. The van der Waals surface area contributed by atoms with E-state index < -0.39 is 10.9 Å².